The van der Waals surface area contributed by atoms with Gasteiger partial charge in [-0.3, -0.25) is 4.90 Å². The van der Waals surface area contributed by atoms with Crippen molar-refractivity contribution in [3.05, 3.63) is 35.4 Å². The second-order valence-corrected chi connectivity index (χ2v) is 4.60. The SMILES string of the molecule is Cc1ccccc1C(C)(C#N)N1CCOCC1. The summed E-state index contributed by atoms with van der Waals surface area (Å²) in [6.07, 6.45) is 0. The largest absolute Gasteiger partial charge is 0.379 e. The minimum atomic E-state index is -0.547. The molecule has 1 atom stereocenters. The first-order valence-corrected chi connectivity index (χ1v) is 5.98. The van der Waals surface area contributed by atoms with E-state index in [9.17, 15) is 5.26 Å². The molecule has 0 aromatic heterocycles. The van der Waals surface area contributed by atoms with E-state index in [0.29, 0.717) is 13.2 Å². The molecule has 0 N–H and O–H groups in total. The van der Waals surface area contributed by atoms with E-state index >= 15 is 0 Å². The van der Waals surface area contributed by atoms with E-state index < -0.39 is 5.54 Å². The highest BCUT2D eigenvalue weighted by Gasteiger charge is 2.35. The molecule has 0 bridgehead atoms. The van der Waals surface area contributed by atoms with Crippen molar-refractivity contribution in [2.24, 2.45) is 0 Å². The summed E-state index contributed by atoms with van der Waals surface area (Å²) in [5, 5.41) is 9.58. The molecule has 0 radical (unpaired) electrons. The van der Waals surface area contributed by atoms with Crippen LogP contribution in [-0.2, 0) is 10.3 Å². The van der Waals surface area contributed by atoms with Crippen LogP contribution in [0.15, 0.2) is 24.3 Å². The van der Waals surface area contributed by atoms with Gasteiger partial charge in [-0.05, 0) is 25.0 Å². The predicted octanol–water partition coefficient (Wildman–Crippen LogP) is 2.07. The Morgan fingerprint density at radius 1 is 1.29 bits per heavy atom. The van der Waals surface area contributed by atoms with Gasteiger partial charge in [0.25, 0.3) is 0 Å². The third-order valence-electron chi connectivity index (χ3n) is 3.53. The number of morpholine rings is 1. The van der Waals surface area contributed by atoms with Crippen LogP contribution in [0.2, 0.25) is 0 Å². The monoisotopic (exact) mass is 230 g/mol. The van der Waals surface area contributed by atoms with E-state index in [2.05, 4.69) is 24.0 Å². The van der Waals surface area contributed by atoms with Crippen LogP contribution in [0.1, 0.15) is 18.1 Å². The molecular formula is C14H18N2O. The van der Waals surface area contributed by atoms with Crippen molar-refractivity contribution in [1.29, 1.82) is 5.26 Å². The van der Waals surface area contributed by atoms with Gasteiger partial charge in [0.05, 0.1) is 19.3 Å². The first kappa shape index (κ1) is 12.1. The molecule has 1 aromatic carbocycles. The van der Waals surface area contributed by atoms with Gasteiger partial charge in [-0.15, -0.1) is 0 Å². The van der Waals surface area contributed by atoms with Crippen LogP contribution >= 0.6 is 0 Å². The average Bonchev–Trinajstić information content (AvgIpc) is 2.39. The highest BCUT2D eigenvalue weighted by molar-refractivity contribution is 5.37. The molecule has 1 saturated heterocycles. The topological polar surface area (TPSA) is 36.3 Å². The number of hydrogen-bond donors (Lipinski definition) is 0. The van der Waals surface area contributed by atoms with Gasteiger partial charge in [-0.25, -0.2) is 0 Å². The van der Waals surface area contributed by atoms with E-state index in [1.165, 1.54) is 5.56 Å². The zero-order valence-electron chi connectivity index (χ0n) is 10.4. The standard InChI is InChI=1S/C14H18N2O/c1-12-5-3-4-6-13(12)14(2,11-15)16-7-9-17-10-8-16/h3-6H,7-10H2,1-2H3. The Labute approximate surface area is 103 Å². The van der Waals surface area contributed by atoms with Crippen molar-refractivity contribution in [3.8, 4) is 6.07 Å². The number of ether oxygens (including phenoxy) is 1. The van der Waals surface area contributed by atoms with E-state index in [4.69, 9.17) is 4.74 Å². The van der Waals surface area contributed by atoms with Crippen LogP contribution < -0.4 is 0 Å². The first-order chi connectivity index (χ1) is 8.18. The van der Waals surface area contributed by atoms with E-state index in [1.807, 2.05) is 25.1 Å². The lowest BCUT2D eigenvalue weighted by atomic mass is 9.88. The summed E-state index contributed by atoms with van der Waals surface area (Å²) in [7, 11) is 0. The smallest absolute Gasteiger partial charge is 0.132 e. The van der Waals surface area contributed by atoms with Gasteiger partial charge < -0.3 is 4.74 Å². The van der Waals surface area contributed by atoms with Crippen molar-refractivity contribution >= 4 is 0 Å². The van der Waals surface area contributed by atoms with Crippen LogP contribution in [0.3, 0.4) is 0 Å². The summed E-state index contributed by atoms with van der Waals surface area (Å²) < 4.78 is 5.35. The normalized spacial score (nSPS) is 20.5. The van der Waals surface area contributed by atoms with Crippen molar-refractivity contribution in [1.82, 2.24) is 4.90 Å². The molecule has 1 aliphatic heterocycles. The molecule has 1 aromatic rings. The van der Waals surface area contributed by atoms with Crippen molar-refractivity contribution in [3.63, 3.8) is 0 Å². The lowest BCUT2D eigenvalue weighted by molar-refractivity contribution is 0.000273. The van der Waals surface area contributed by atoms with Gasteiger partial charge in [0.15, 0.2) is 0 Å². The van der Waals surface area contributed by atoms with Gasteiger partial charge in [0.2, 0.25) is 0 Å². The van der Waals surface area contributed by atoms with E-state index in [-0.39, 0.29) is 0 Å². The fraction of sp³-hybridized carbons (Fsp3) is 0.500. The molecule has 1 fully saturated rings. The molecule has 0 amide bonds. The molecule has 90 valence electrons. The third kappa shape index (κ3) is 2.19. The zero-order valence-corrected chi connectivity index (χ0v) is 10.4. The number of nitrogens with zero attached hydrogens (tertiary/aromatic N) is 2. The van der Waals surface area contributed by atoms with Crippen LogP contribution in [-0.4, -0.2) is 31.2 Å². The molecule has 17 heavy (non-hydrogen) atoms. The maximum atomic E-state index is 9.58. The molecule has 1 aliphatic rings. The van der Waals surface area contributed by atoms with Gasteiger partial charge in [-0.2, -0.15) is 5.26 Å². The number of nitriles is 1. The van der Waals surface area contributed by atoms with E-state index in [1.54, 1.807) is 0 Å². The van der Waals surface area contributed by atoms with Crippen LogP contribution in [0.4, 0.5) is 0 Å². The molecule has 1 unspecified atom stereocenters. The van der Waals surface area contributed by atoms with Gasteiger partial charge in [-0.1, -0.05) is 24.3 Å². The maximum Gasteiger partial charge on any atom is 0.132 e. The van der Waals surface area contributed by atoms with Gasteiger partial charge in [0.1, 0.15) is 5.54 Å². The number of rotatable bonds is 2. The minimum absolute atomic E-state index is 0.547. The predicted molar refractivity (Wildman–Crippen MR) is 66.5 cm³/mol. The summed E-state index contributed by atoms with van der Waals surface area (Å²) >= 11 is 0. The lowest BCUT2D eigenvalue weighted by Gasteiger charge is -2.39. The van der Waals surface area contributed by atoms with Crippen molar-refractivity contribution in [2.75, 3.05) is 26.3 Å². The second-order valence-electron chi connectivity index (χ2n) is 4.60. The summed E-state index contributed by atoms with van der Waals surface area (Å²) in [6, 6.07) is 10.6. The number of benzene rings is 1. The average molecular weight is 230 g/mol. The Morgan fingerprint density at radius 3 is 2.53 bits per heavy atom. The molecule has 2 rings (SSSR count). The highest BCUT2D eigenvalue weighted by atomic mass is 16.5. The van der Waals surface area contributed by atoms with Gasteiger partial charge in [0, 0.05) is 13.1 Å². The Balaban J connectivity index is 2.37. The molecule has 0 spiro atoms. The van der Waals surface area contributed by atoms with Crippen molar-refractivity contribution in [2.45, 2.75) is 19.4 Å². The zero-order chi connectivity index (χ0) is 12.3. The summed E-state index contributed by atoms with van der Waals surface area (Å²) in [5.41, 5.74) is 1.72. The Kier molecular flexibility index (Phi) is 3.46. The van der Waals surface area contributed by atoms with Crippen LogP contribution in [0.25, 0.3) is 0 Å². The molecule has 3 heteroatoms. The van der Waals surface area contributed by atoms with E-state index in [0.717, 1.165) is 18.7 Å². The third-order valence-corrected chi connectivity index (χ3v) is 3.53. The highest BCUT2D eigenvalue weighted by Crippen LogP contribution is 2.30. The fourth-order valence-corrected chi connectivity index (χ4v) is 2.43. The van der Waals surface area contributed by atoms with Crippen LogP contribution in [0.5, 0.6) is 0 Å². The lowest BCUT2D eigenvalue weighted by Crippen LogP contribution is -2.49. The molecule has 0 saturated carbocycles. The van der Waals surface area contributed by atoms with Crippen LogP contribution in [0, 0.1) is 18.3 Å². The molecule has 3 nitrogen and oxygen atoms in total. The molecular weight excluding hydrogens is 212 g/mol. The Hall–Kier alpha value is -1.37. The van der Waals surface area contributed by atoms with Gasteiger partial charge >= 0.3 is 0 Å². The Morgan fingerprint density at radius 2 is 1.94 bits per heavy atom. The summed E-state index contributed by atoms with van der Waals surface area (Å²) in [6.45, 7) is 7.12. The number of hydrogen-bond acceptors (Lipinski definition) is 3. The molecule has 1 heterocycles. The summed E-state index contributed by atoms with van der Waals surface area (Å²) in [5.74, 6) is 0. The maximum absolute atomic E-state index is 9.58. The summed E-state index contributed by atoms with van der Waals surface area (Å²) in [4.78, 5) is 2.21. The Bertz CT molecular complexity index is 432. The minimum Gasteiger partial charge on any atom is -0.379 e. The second kappa shape index (κ2) is 4.87. The molecule has 0 aliphatic carbocycles. The van der Waals surface area contributed by atoms with Crippen molar-refractivity contribution < 1.29 is 4.74 Å². The first-order valence-electron chi connectivity index (χ1n) is 5.98. The fourth-order valence-electron chi connectivity index (χ4n) is 2.43. The quantitative estimate of drug-likeness (QED) is 0.780. The number of aryl methyl sites for hydroxylation is 1.